The van der Waals surface area contributed by atoms with Gasteiger partial charge in [0.15, 0.2) is 34.8 Å². The molecule has 0 radical (unpaired) electrons. The van der Waals surface area contributed by atoms with Gasteiger partial charge in [-0.05, 0) is 42.5 Å². The van der Waals surface area contributed by atoms with E-state index in [0.29, 0.717) is 41.7 Å². The Kier molecular flexibility index (Phi) is 6.01. The van der Waals surface area contributed by atoms with Gasteiger partial charge in [-0.2, -0.15) is 0 Å². The van der Waals surface area contributed by atoms with Crippen molar-refractivity contribution in [2.75, 3.05) is 18.5 Å². The molecule has 1 N–H and O–H groups in total. The topological polar surface area (TPSA) is 60.5 Å². The highest BCUT2D eigenvalue weighted by atomic mass is 19.2. The summed E-state index contributed by atoms with van der Waals surface area (Å²) in [5.41, 5.74) is 1.25. The number of hydrogen-bond acceptors (Lipinski definition) is 4. The number of anilines is 1. The quantitative estimate of drug-likeness (QED) is 0.209. The number of ether oxygens (including phenoxy) is 2. The first kappa shape index (κ1) is 23.3. The molecule has 4 aromatic rings. The second-order valence-electron chi connectivity index (χ2n) is 7.74. The molecule has 182 valence electrons. The van der Waals surface area contributed by atoms with Gasteiger partial charge < -0.3 is 14.8 Å². The Bertz CT molecular complexity index is 1460. The van der Waals surface area contributed by atoms with E-state index in [1.54, 1.807) is 24.3 Å². The minimum atomic E-state index is -2.34. The maximum atomic E-state index is 13.9. The smallest absolute Gasteiger partial charge is 0.261 e. The third-order valence-electron chi connectivity index (χ3n) is 5.46. The molecule has 0 bridgehead atoms. The Balaban J connectivity index is 1.37. The van der Waals surface area contributed by atoms with Crippen LogP contribution < -0.4 is 14.8 Å². The number of carbonyl (C=O) groups excluding carboxylic acids is 1. The number of amides is 1. The summed E-state index contributed by atoms with van der Waals surface area (Å²) in [5, 5.41) is 2.14. The lowest BCUT2D eigenvalue weighted by atomic mass is 10.1. The summed E-state index contributed by atoms with van der Waals surface area (Å²) in [4.78, 5) is 16.9. The van der Waals surface area contributed by atoms with E-state index in [1.807, 2.05) is 24.3 Å². The van der Waals surface area contributed by atoms with Gasteiger partial charge in [0.25, 0.3) is 5.91 Å². The van der Waals surface area contributed by atoms with Crippen LogP contribution in [0.5, 0.6) is 11.5 Å². The highest BCUT2D eigenvalue weighted by Gasteiger charge is 2.29. The van der Waals surface area contributed by atoms with E-state index in [4.69, 9.17) is 9.47 Å². The van der Waals surface area contributed by atoms with Crippen molar-refractivity contribution in [1.29, 1.82) is 0 Å². The molecule has 3 aromatic carbocycles. The van der Waals surface area contributed by atoms with Gasteiger partial charge in [0.2, 0.25) is 5.82 Å². The molecule has 0 atom stereocenters. The third kappa shape index (κ3) is 4.21. The van der Waals surface area contributed by atoms with Gasteiger partial charge in [-0.25, -0.2) is 26.9 Å². The fourth-order valence-corrected chi connectivity index (χ4v) is 3.68. The lowest BCUT2D eigenvalue weighted by Gasteiger charge is -2.18. The molecular weight excluding hydrogens is 483 g/mol. The Labute approximate surface area is 201 Å². The second-order valence-corrected chi connectivity index (χ2v) is 7.74. The third-order valence-corrected chi connectivity index (χ3v) is 5.46. The van der Waals surface area contributed by atoms with Crippen LogP contribution >= 0.6 is 0 Å². The summed E-state index contributed by atoms with van der Waals surface area (Å²) < 4.78 is 79.0. The molecular formula is C26H15F5N2O3. The van der Waals surface area contributed by atoms with Crippen LogP contribution in [0.4, 0.5) is 27.6 Å². The van der Waals surface area contributed by atoms with Gasteiger partial charge in [0.05, 0.1) is 11.4 Å². The summed E-state index contributed by atoms with van der Waals surface area (Å²) in [6.45, 7) is 0.940. The van der Waals surface area contributed by atoms with Gasteiger partial charge >= 0.3 is 0 Å². The molecule has 5 rings (SSSR count). The van der Waals surface area contributed by atoms with Crippen LogP contribution in [0.1, 0.15) is 10.4 Å². The number of rotatable bonds is 4. The first-order valence-corrected chi connectivity index (χ1v) is 10.6. The second kappa shape index (κ2) is 9.29. The first-order chi connectivity index (χ1) is 17.3. The number of hydrogen-bond donors (Lipinski definition) is 1. The van der Waals surface area contributed by atoms with Crippen LogP contribution in [0.3, 0.4) is 0 Å². The predicted octanol–water partition coefficient (Wildman–Crippen LogP) is 6.13. The summed E-state index contributed by atoms with van der Waals surface area (Å²) in [6, 6.07) is 16.9. The van der Waals surface area contributed by atoms with Crippen LogP contribution in [0.15, 0.2) is 60.7 Å². The minimum Gasteiger partial charge on any atom is -0.486 e. The molecule has 1 aliphatic heterocycles. The van der Waals surface area contributed by atoms with Crippen LogP contribution in [0, 0.1) is 29.1 Å². The number of fused-ring (bicyclic) bond motifs is 1. The van der Waals surface area contributed by atoms with Crippen LogP contribution in [0.2, 0.25) is 0 Å². The van der Waals surface area contributed by atoms with Crippen molar-refractivity contribution < 1.29 is 36.2 Å². The molecule has 1 aromatic heterocycles. The SMILES string of the molecule is O=C(Nc1ccc(-c2cccc(-c3ccc4c(c3)OCCO4)n2)cc1)c1c(F)c(F)c(F)c(F)c1F. The average molecular weight is 498 g/mol. The zero-order chi connectivity index (χ0) is 25.4. The first-order valence-electron chi connectivity index (χ1n) is 10.6. The lowest BCUT2D eigenvalue weighted by molar-refractivity contribution is 0.101. The molecule has 0 spiro atoms. The number of halogens is 5. The molecule has 0 fully saturated rings. The lowest BCUT2D eigenvalue weighted by Crippen LogP contribution is -2.19. The van der Waals surface area contributed by atoms with E-state index in [0.717, 1.165) is 5.56 Å². The summed E-state index contributed by atoms with van der Waals surface area (Å²) >= 11 is 0. The molecule has 5 nitrogen and oxygen atoms in total. The number of nitrogens with zero attached hydrogens (tertiary/aromatic N) is 1. The van der Waals surface area contributed by atoms with Crippen LogP contribution in [-0.4, -0.2) is 24.1 Å². The largest absolute Gasteiger partial charge is 0.486 e. The van der Waals surface area contributed by atoms with Crippen LogP contribution in [-0.2, 0) is 0 Å². The van der Waals surface area contributed by atoms with Crippen molar-refractivity contribution in [3.05, 3.63) is 95.3 Å². The average Bonchev–Trinajstić information content (AvgIpc) is 2.91. The zero-order valence-electron chi connectivity index (χ0n) is 18.2. The molecule has 0 saturated carbocycles. The monoisotopic (exact) mass is 498 g/mol. The molecule has 0 aliphatic carbocycles. The molecule has 2 heterocycles. The summed E-state index contributed by atoms with van der Waals surface area (Å²) in [5.74, 6) is -11.3. The van der Waals surface area contributed by atoms with Gasteiger partial charge in [-0.1, -0.05) is 18.2 Å². The maximum absolute atomic E-state index is 13.9. The number of carbonyl (C=O) groups is 1. The standard InChI is InChI=1S/C26H15F5N2O3/c27-21-20(22(28)24(30)25(31)23(21)29)26(34)32-15-7-4-13(5-8-15)16-2-1-3-17(33-16)14-6-9-18-19(12-14)36-11-10-35-18/h1-9,12H,10-11H2,(H,32,34). The fourth-order valence-electron chi connectivity index (χ4n) is 3.68. The number of aromatic nitrogens is 1. The number of pyridine rings is 1. The van der Waals surface area contributed by atoms with Gasteiger partial charge in [-0.3, -0.25) is 4.79 Å². The Hall–Kier alpha value is -4.47. The van der Waals surface area contributed by atoms with Crippen molar-refractivity contribution >= 4 is 11.6 Å². The number of benzene rings is 3. The van der Waals surface area contributed by atoms with E-state index in [9.17, 15) is 26.7 Å². The Morgan fingerprint density at radius 1 is 0.694 bits per heavy atom. The molecule has 1 aliphatic rings. The van der Waals surface area contributed by atoms with Crippen molar-refractivity contribution in [1.82, 2.24) is 4.98 Å². The van der Waals surface area contributed by atoms with Gasteiger partial charge in [0.1, 0.15) is 18.8 Å². The van der Waals surface area contributed by atoms with Crippen molar-refractivity contribution in [2.45, 2.75) is 0 Å². The molecule has 0 unspecified atom stereocenters. The summed E-state index contributed by atoms with van der Waals surface area (Å²) in [7, 11) is 0. The van der Waals surface area contributed by atoms with E-state index in [-0.39, 0.29) is 5.69 Å². The van der Waals surface area contributed by atoms with E-state index in [2.05, 4.69) is 10.3 Å². The fraction of sp³-hybridized carbons (Fsp3) is 0.0769. The predicted molar refractivity (Wildman–Crippen MR) is 120 cm³/mol. The molecule has 10 heteroatoms. The zero-order valence-corrected chi connectivity index (χ0v) is 18.2. The van der Waals surface area contributed by atoms with Crippen molar-refractivity contribution in [3.63, 3.8) is 0 Å². The highest BCUT2D eigenvalue weighted by Crippen LogP contribution is 2.34. The van der Waals surface area contributed by atoms with E-state index >= 15 is 0 Å². The molecule has 0 saturated heterocycles. The van der Waals surface area contributed by atoms with Crippen LogP contribution in [0.25, 0.3) is 22.5 Å². The summed E-state index contributed by atoms with van der Waals surface area (Å²) in [6.07, 6.45) is 0. The maximum Gasteiger partial charge on any atom is 0.261 e. The Morgan fingerprint density at radius 3 is 1.92 bits per heavy atom. The van der Waals surface area contributed by atoms with Crippen molar-refractivity contribution in [2.24, 2.45) is 0 Å². The minimum absolute atomic E-state index is 0.0793. The number of nitrogens with one attached hydrogen (secondary N) is 1. The van der Waals surface area contributed by atoms with Crippen molar-refractivity contribution in [3.8, 4) is 34.0 Å². The molecule has 36 heavy (non-hydrogen) atoms. The Morgan fingerprint density at radius 2 is 1.25 bits per heavy atom. The highest BCUT2D eigenvalue weighted by molar-refractivity contribution is 6.04. The van der Waals surface area contributed by atoms with E-state index < -0.39 is 40.6 Å². The normalized spacial score (nSPS) is 12.4. The molecule has 1 amide bonds. The van der Waals surface area contributed by atoms with Gasteiger partial charge in [-0.15, -0.1) is 0 Å². The van der Waals surface area contributed by atoms with Gasteiger partial charge in [0, 0.05) is 16.8 Å². The van der Waals surface area contributed by atoms with E-state index in [1.165, 1.54) is 12.1 Å².